The van der Waals surface area contributed by atoms with Gasteiger partial charge in [0, 0.05) is 6.54 Å². The minimum Gasteiger partial charge on any atom is -0.369 e. The standard InChI is InChI=1S/C11H22N2O3/c1-5-6-12-11(15)9(4)13-10(14)7-16-8(2)3/h8-9H,5-7H2,1-4H3,(H,12,15)(H,13,14). The number of carbonyl (C=O) groups excluding carboxylic acids is 2. The first-order valence-corrected chi connectivity index (χ1v) is 5.66. The third-order valence-electron chi connectivity index (χ3n) is 1.87. The minimum atomic E-state index is -0.519. The van der Waals surface area contributed by atoms with E-state index < -0.39 is 6.04 Å². The molecule has 5 nitrogen and oxygen atoms in total. The number of ether oxygens (including phenoxy) is 1. The quantitative estimate of drug-likeness (QED) is 0.667. The summed E-state index contributed by atoms with van der Waals surface area (Å²) in [5, 5.41) is 5.28. The molecule has 16 heavy (non-hydrogen) atoms. The van der Waals surface area contributed by atoms with E-state index in [0.717, 1.165) is 6.42 Å². The van der Waals surface area contributed by atoms with Crippen LogP contribution in [0.25, 0.3) is 0 Å². The van der Waals surface area contributed by atoms with Crippen molar-refractivity contribution < 1.29 is 14.3 Å². The molecule has 0 aliphatic carbocycles. The van der Waals surface area contributed by atoms with Gasteiger partial charge in [-0.2, -0.15) is 0 Å². The number of amides is 2. The Morgan fingerprint density at radius 3 is 2.38 bits per heavy atom. The number of carbonyl (C=O) groups is 2. The molecular weight excluding hydrogens is 208 g/mol. The SMILES string of the molecule is CCCNC(=O)C(C)NC(=O)COC(C)C. The summed E-state index contributed by atoms with van der Waals surface area (Å²) in [6.45, 7) is 7.94. The maximum Gasteiger partial charge on any atom is 0.246 e. The predicted molar refractivity (Wildman–Crippen MR) is 62.0 cm³/mol. The van der Waals surface area contributed by atoms with Crippen LogP contribution in [0.1, 0.15) is 34.1 Å². The predicted octanol–water partition coefficient (Wildman–Crippen LogP) is 0.442. The Bertz CT molecular complexity index is 229. The summed E-state index contributed by atoms with van der Waals surface area (Å²) < 4.78 is 5.12. The van der Waals surface area contributed by atoms with E-state index in [2.05, 4.69) is 10.6 Å². The molecule has 0 aromatic rings. The van der Waals surface area contributed by atoms with Crippen LogP contribution < -0.4 is 10.6 Å². The molecule has 0 fully saturated rings. The summed E-state index contributed by atoms with van der Waals surface area (Å²) in [4.78, 5) is 22.7. The molecule has 0 aliphatic heterocycles. The zero-order valence-corrected chi connectivity index (χ0v) is 10.5. The van der Waals surface area contributed by atoms with Gasteiger partial charge < -0.3 is 15.4 Å². The molecule has 0 heterocycles. The monoisotopic (exact) mass is 230 g/mol. The fourth-order valence-corrected chi connectivity index (χ4v) is 0.992. The smallest absolute Gasteiger partial charge is 0.246 e. The van der Waals surface area contributed by atoms with Crippen molar-refractivity contribution in [3.63, 3.8) is 0 Å². The lowest BCUT2D eigenvalue weighted by atomic mass is 10.3. The van der Waals surface area contributed by atoms with E-state index in [-0.39, 0.29) is 24.5 Å². The average Bonchev–Trinajstić information content (AvgIpc) is 2.22. The Kier molecular flexibility index (Phi) is 7.54. The average molecular weight is 230 g/mol. The highest BCUT2D eigenvalue weighted by molar-refractivity contribution is 5.87. The molecule has 0 spiro atoms. The molecule has 0 bridgehead atoms. The second-order valence-electron chi connectivity index (χ2n) is 3.94. The van der Waals surface area contributed by atoms with E-state index in [1.165, 1.54) is 0 Å². The zero-order chi connectivity index (χ0) is 12.6. The molecule has 0 rings (SSSR count). The van der Waals surface area contributed by atoms with Gasteiger partial charge in [0.15, 0.2) is 0 Å². The molecule has 0 aromatic heterocycles. The topological polar surface area (TPSA) is 67.4 Å². The summed E-state index contributed by atoms with van der Waals surface area (Å²) in [5.41, 5.74) is 0. The maximum atomic E-state index is 11.4. The highest BCUT2D eigenvalue weighted by Crippen LogP contribution is 1.88. The van der Waals surface area contributed by atoms with Crippen molar-refractivity contribution in [1.82, 2.24) is 10.6 Å². The molecule has 1 atom stereocenters. The van der Waals surface area contributed by atoms with Gasteiger partial charge in [-0.05, 0) is 27.2 Å². The number of hydrogen-bond acceptors (Lipinski definition) is 3. The van der Waals surface area contributed by atoms with Crippen molar-refractivity contribution in [3.05, 3.63) is 0 Å². The molecular formula is C11H22N2O3. The van der Waals surface area contributed by atoms with Gasteiger partial charge in [-0.25, -0.2) is 0 Å². The van der Waals surface area contributed by atoms with Crippen LogP contribution in [0.2, 0.25) is 0 Å². The Morgan fingerprint density at radius 1 is 1.25 bits per heavy atom. The van der Waals surface area contributed by atoms with Crippen LogP contribution in [0.4, 0.5) is 0 Å². The first kappa shape index (κ1) is 14.9. The van der Waals surface area contributed by atoms with Crippen LogP contribution in [0.3, 0.4) is 0 Å². The molecule has 0 aromatic carbocycles. The number of hydrogen-bond donors (Lipinski definition) is 2. The first-order chi connectivity index (χ1) is 7.47. The van der Waals surface area contributed by atoms with E-state index in [4.69, 9.17) is 4.74 Å². The highest BCUT2D eigenvalue weighted by atomic mass is 16.5. The summed E-state index contributed by atoms with van der Waals surface area (Å²) in [5.74, 6) is -0.437. The van der Waals surface area contributed by atoms with Gasteiger partial charge in [-0.15, -0.1) is 0 Å². The lowest BCUT2D eigenvalue weighted by Crippen LogP contribution is -2.46. The fraction of sp³-hybridized carbons (Fsp3) is 0.818. The third kappa shape index (κ3) is 7.23. The molecule has 0 saturated heterocycles. The van der Waals surface area contributed by atoms with Gasteiger partial charge in [0.1, 0.15) is 12.6 Å². The highest BCUT2D eigenvalue weighted by Gasteiger charge is 2.14. The van der Waals surface area contributed by atoms with E-state index in [1.807, 2.05) is 20.8 Å². The summed E-state index contributed by atoms with van der Waals surface area (Å²) in [6, 6.07) is -0.519. The van der Waals surface area contributed by atoms with Gasteiger partial charge in [-0.1, -0.05) is 6.92 Å². The second kappa shape index (κ2) is 8.10. The Balaban J connectivity index is 3.80. The van der Waals surface area contributed by atoms with Crippen LogP contribution in [-0.2, 0) is 14.3 Å². The van der Waals surface area contributed by atoms with Crippen molar-refractivity contribution in [3.8, 4) is 0 Å². The van der Waals surface area contributed by atoms with Gasteiger partial charge in [0.2, 0.25) is 11.8 Å². The van der Waals surface area contributed by atoms with Crippen LogP contribution in [0, 0.1) is 0 Å². The molecule has 2 N–H and O–H groups in total. The summed E-state index contributed by atoms with van der Waals surface area (Å²) >= 11 is 0. The van der Waals surface area contributed by atoms with Gasteiger partial charge in [-0.3, -0.25) is 9.59 Å². The summed E-state index contributed by atoms with van der Waals surface area (Å²) in [7, 11) is 0. The van der Waals surface area contributed by atoms with E-state index in [0.29, 0.717) is 6.54 Å². The number of nitrogens with one attached hydrogen (secondary N) is 2. The van der Waals surface area contributed by atoms with Crippen LogP contribution in [0.5, 0.6) is 0 Å². The maximum absolute atomic E-state index is 11.4. The summed E-state index contributed by atoms with van der Waals surface area (Å²) in [6.07, 6.45) is 0.887. The molecule has 2 amide bonds. The van der Waals surface area contributed by atoms with Crippen molar-refractivity contribution in [2.75, 3.05) is 13.2 Å². The van der Waals surface area contributed by atoms with Crippen molar-refractivity contribution in [2.45, 2.75) is 46.3 Å². The molecule has 94 valence electrons. The lowest BCUT2D eigenvalue weighted by Gasteiger charge is -2.14. The van der Waals surface area contributed by atoms with Crippen molar-refractivity contribution >= 4 is 11.8 Å². The molecule has 0 aliphatic rings. The fourth-order valence-electron chi connectivity index (χ4n) is 0.992. The second-order valence-corrected chi connectivity index (χ2v) is 3.94. The van der Waals surface area contributed by atoms with E-state index in [1.54, 1.807) is 6.92 Å². The first-order valence-electron chi connectivity index (χ1n) is 5.66. The Labute approximate surface area is 96.9 Å². The lowest BCUT2D eigenvalue weighted by molar-refractivity contribution is -0.132. The molecule has 0 saturated carbocycles. The normalized spacial score (nSPS) is 12.3. The van der Waals surface area contributed by atoms with Gasteiger partial charge in [0.25, 0.3) is 0 Å². The van der Waals surface area contributed by atoms with Crippen LogP contribution in [0.15, 0.2) is 0 Å². The van der Waals surface area contributed by atoms with E-state index >= 15 is 0 Å². The van der Waals surface area contributed by atoms with Crippen LogP contribution >= 0.6 is 0 Å². The van der Waals surface area contributed by atoms with Gasteiger partial charge >= 0.3 is 0 Å². The molecule has 0 radical (unpaired) electrons. The van der Waals surface area contributed by atoms with Gasteiger partial charge in [0.05, 0.1) is 6.10 Å². The Morgan fingerprint density at radius 2 is 1.88 bits per heavy atom. The zero-order valence-electron chi connectivity index (χ0n) is 10.5. The Hall–Kier alpha value is -1.10. The molecule has 1 unspecified atom stereocenters. The molecule has 5 heteroatoms. The third-order valence-corrected chi connectivity index (χ3v) is 1.87. The van der Waals surface area contributed by atoms with Crippen molar-refractivity contribution in [2.24, 2.45) is 0 Å². The minimum absolute atomic E-state index is 0.00924. The van der Waals surface area contributed by atoms with Crippen LogP contribution in [-0.4, -0.2) is 37.1 Å². The van der Waals surface area contributed by atoms with Crippen molar-refractivity contribution in [1.29, 1.82) is 0 Å². The number of rotatable bonds is 7. The van der Waals surface area contributed by atoms with E-state index in [9.17, 15) is 9.59 Å². The largest absolute Gasteiger partial charge is 0.369 e.